The number of hydrogen-bond donors (Lipinski definition) is 1. The molecule has 2 heteroatoms. The molecule has 0 saturated carbocycles. The smallest absolute Gasteiger partial charge is 0.0869 e. The summed E-state index contributed by atoms with van der Waals surface area (Å²) in [5, 5.41) is 3.18. The number of benzene rings is 1. The van der Waals surface area contributed by atoms with E-state index < -0.39 is 0 Å². The zero-order valence-electron chi connectivity index (χ0n) is 7.12. The second-order valence-corrected chi connectivity index (χ2v) is 2.96. The van der Waals surface area contributed by atoms with Crippen LogP contribution in [0.3, 0.4) is 0 Å². The van der Waals surface area contributed by atoms with Crippen LogP contribution in [-0.2, 0) is 0 Å². The van der Waals surface area contributed by atoms with Gasteiger partial charge in [-0.2, -0.15) is 0 Å². The highest BCUT2D eigenvalue weighted by molar-refractivity contribution is 5.64. The Morgan fingerprint density at radius 2 is 2.00 bits per heavy atom. The zero-order valence-corrected chi connectivity index (χ0v) is 7.12. The van der Waals surface area contributed by atoms with Crippen LogP contribution in [0.25, 0.3) is 5.70 Å². The molecule has 0 aliphatic carbocycles. The van der Waals surface area contributed by atoms with E-state index in [1.165, 1.54) is 11.3 Å². The van der Waals surface area contributed by atoms with Crippen molar-refractivity contribution in [3.63, 3.8) is 0 Å². The summed E-state index contributed by atoms with van der Waals surface area (Å²) in [6, 6.07) is 10.4. The van der Waals surface area contributed by atoms with Gasteiger partial charge >= 0.3 is 0 Å². The Balaban J connectivity index is 2.31. The van der Waals surface area contributed by atoms with E-state index in [1.54, 1.807) is 0 Å². The van der Waals surface area contributed by atoms with E-state index in [0.717, 1.165) is 6.67 Å². The van der Waals surface area contributed by atoms with Crippen molar-refractivity contribution in [1.29, 1.82) is 0 Å². The fourth-order valence-electron chi connectivity index (χ4n) is 1.39. The zero-order chi connectivity index (χ0) is 8.39. The Kier molecular flexibility index (Phi) is 1.74. The fraction of sp³-hybridized carbons (Fsp3) is 0.200. The highest BCUT2D eigenvalue weighted by Crippen LogP contribution is 2.18. The monoisotopic (exact) mass is 160 g/mol. The Labute approximate surface area is 72.5 Å². The Morgan fingerprint density at radius 3 is 2.58 bits per heavy atom. The molecule has 1 aromatic carbocycles. The summed E-state index contributed by atoms with van der Waals surface area (Å²) in [7, 11) is 2.08. The highest BCUT2D eigenvalue weighted by Gasteiger charge is 2.10. The summed E-state index contributed by atoms with van der Waals surface area (Å²) in [6.45, 7) is 0.907. The number of nitrogens with one attached hydrogen (secondary N) is 1. The minimum absolute atomic E-state index is 0.907. The molecular weight excluding hydrogens is 148 g/mol. The molecule has 2 rings (SSSR count). The lowest BCUT2D eigenvalue weighted by molar-refractivity contribution is 0.493. The standard InChI is InChI=1S/C10H12N2/c1-12-8-11-7-10(12)9-5-3-2-4-6-9/h2-7,11H,8H2,1H3. The largest absolute Gasteiger partial charge is 0.372 e. The molecule has 0 bridgehead atoms. The topological polar surface area (TPSA) is 15.3 Å². The van der Waals surface area contributed by atoms with Gasteiger partial charge in [-0.3, -0.25) is 0 Å². The maximum Gasteiger partial charge on any atom is 0.0869 e. The molecule has 0 aromatic heterocycles. The van der Waals surface area contributed by atoms with Gasteiger partial charge in [0.05, 0.1) is 12.4 Å². The highest BCUT2D eigenvalue weighted by atomic mass is 15.2. The van der Waals surface area contributed by atoms with Crippen molar-refractivity contribution in [1.82, 2.24) is 10.2 Å². The first-order chi connectivity index (χ1) is 5.88. The fourth-order valence-corrected chi connectivity index (χ4v) is 1.39. The molecule has 0 atom stereocenters. The van der Waals surface area contributed by atoms with Gasteiger partial charge in [-0.15, -0.1) is 0 Å². The summed E-state index contributed by atoms with van der Waals surface area (Å²) in [6.07, 6.45) is 2.05. The average molecular weight is 160 g/mol. The molecule has 0 saturated heterocycles. The molecule has 1 N–H and O–H groups in total. The van der Waals surface area contributed by atoms with Crippen molar-refractivity contribution in [2.75, 3.05) is 13.7 Å². The van der Waals surface area contributed by atoms with Gasteiger partial charge in [0.25, 0.3) is 0 Å². The molecule has 2 nitrogen and oxygen atoms in total. The maximum absolute atomic E-state index is 3.18. The van der Waals surface area contributed by atoms with E-state index >= 15 is 0 Å². The average Bonchev–Trinajstić information content (AvgIpc) is 2.53. The first-order valence-corrected chi connectivity index (χ1v) is 4.08. The third kappa shape index (κ3) is 1.16. The molecular formula is C10H12N2. The van der Waals surface area contributed by atoms with Gasteiger partial charge in [-0.25, -0.2) is 0 Å². The van der Waals surface area contributed by atoms with Crippen LogP contribution < -0.4 is 5.32 Å². The van der Waals surface area contributed by atoms with Crippen molar-refractivity contribution in [2.45, 2.75) is 0 Å². The van der Waals surface area contributed by atoms with Gasteiger partial charge in [0.15, 0.2) is 0 Å². The van der Waals surface area contributed by atoms with Crippen molar-refractivity contribution >= 4 is 5.70 Å². The first kappa shape index (κ1) is 7.22. The summed E-state index contributed by atoms with van der Waals surface area (Å²) in [5.74, 6) is 0. The van der Waals surface area contributed by atoms with Gasteiger partial charge in [0, 0.05) is 13.2 Å². The lowest BCUT2D eigenvalue weighted by Gasteiger charge is -2.14. The molecule has 62 valence electrons. The second kappa shape index (κ2) is 2.89. The maximum atomic E-state index is 3.18. The van der Waals surface area contributed by atoms with Crippen molar-refractivity contribution in [2.24, 2.45) is 0 Å². The molecule has 1 aromatic rings. The van der Waals surface area contributed by atoms with Crippen LogP contribution in [0.1, 0.15) is 5.56 Å². The molecule has 0 unspecified atom stereocenters. The summed E-state index contributed by atoms with van der Waals surface area (Å²) < 4.78 is 0. The minimum Gasteiger partial charge on any atom is -0.372 e. The Bertz CT molecular complexity index is 290. The molecule has 0 spiro atoms. The van der Waals surface area contributed by atoms with Crippen molar-refractivity contribution in [3.05, 3.63) is 42.1 Å². The summed E-state index contributed by atoms with van der Waals surface area (Å²) in [5.41, 5.74) is 2.53. The van der Waals surface area contributed by atoms with E-state index in [-0.39, 0.29) is 0 Å². The Morgan fingerprint density at radius 1 is 1.25 bits per heavy atom. The van der Waals surface area contributed by atoms with Crippen LogP contribution in [0.5, 0.6) is 0 Å². The number of rotatable bonds is 1. The minimum atomic E-state index is 0.907. The molecule has 0 fully saturated rings. The van der Waals surface area contributed by atoms with Crippen molar-refractivity contribution < 1.29 is 0 Å². The Hall–Kier alpha value is -1.44. The van der Waals surface area contributed by atoms with E-state index in [9.17, 15) is 0 Å². The van der Waals surface area contributed by atoms with Crippen molar-refractivity contribution in [3.8, 4) is 0 Å². The quantitative estimate of drug-likeness (QED) is 0.669. The normalized spacial score (nSPS) is 15.8. The van der Waals surface area contributed by atoms with Gasteiger partial charge in [0.1, 0.15) is 0 Å². The van der Waals surface area contributed by atoms with Crippen LogP contribution in [0.15, 0.2) is 36.5 Å². The van der Waals surface area contributed by atoms with Crippen LogP contribution in [0.2, 0.25) is 0 Å². The van der Waals surface area contributed by atoms with Crippen LogP contribution in [0.4, 0.5) is 0 Å². The third-order valence-corrected chi connectivity index (χ3v) is 2.05. The lowest BCUT2D eigenvalue weighted by atomic mass is 10.2. The molecule has 1 heterocycles. The molecule has 0 amide bonds. The van der Waals surface area contributed by atoms with Gasteiger partial charge in [-0.1, -0.05) is 30.3 Å². The van der Waals surface area contributed by atoms with Crippen LogP contribution in [0, 0.1) is 0 Å². The predicted octanol–water partition coefficient (Wildman–Crippen LogP) is 1.48. The number of nitrogens with zero attached hydrogens (tertiary/aromatic N) is 1. The second-order valence-electron chi connectivity index (χ2n) is 2.96. The van der Waals surface area contributed by atoms with E-state index in [1.807, 2.05) is 6.07 Å². The van der Waals surface area contributed by atoms with Gasteiger partial charge < -0.3 is 10.2 Å². The van der Waals surface area contributed by atoms with E-state index in [4.69, 9.17) is 0 Å². The summed E-state index contributed by atoms with van der Waals surface area (Å²) >= 11 is 0. The lowest BCUT2D eigenvalue weighted by Crippen LogP contribution is -2.17. The SMILES string of the molecule is CN1CNC=C1c1ccccc1. The molecule has 1 aliphatic rings. The summed E-state index contributed by atoms with van der Waals surface area (Å²) in [4.78, 5) is 2.19. The number of hydrogen-bond acceptors (Lipinski definition) is 2. The van der Waals surface area contributed by atoms with E-state index in [0.29, 0.717) is 0 Å². The van der Waals surface area contributed by atoms with Crippen LogP contribution >= 0.6 is 0 Å². The van der Waals surface area contributed by atoms with Crippen LogP contribution in [-0.4, -0.2) is 18.6 Å². The van der Waals surface area contributed by atoms with Gasteiger partial charge in [-0.05, 0) is 5.56 Å². The molecule has 12 heavy (non-hydrogen) atoms. The molecule has 1 aliphatic heterocycles. The van der Waals surface area contributed by atoms with E-state index in [2.05, 4.69) is 47.7 Å². The van der Waals surface area contributed by atoms with Gasteiger partial charge in [0.2, 0.25) is 0 Å². The molecule has 0 radical (unpaired) electrons. The third-order valence-electron chi connectivity index (χ3n) is 2.05. The first-order valence-electron chi connectivity index (χ1n) is 4.08. The predicted molar refractivity (Wildman–Crippen MR) is 50.2 cm³/mol.